The molecule has 1 N–H and O–H groups in total. The highest BCUT2D eigenvalue weighted by molar-refractivity contribution is 6.31. The minimum absolute atomic E-state index is 0.106. The van der Waals surface area contributed by atoms with Gasteiger partial charge in [-0.15, -0.1) is 0 Å². The van der Waals surface area contributed by atoms with E-state index in [-0.39, 0.29) is 10.6 Å². The fourth-order valence-electron chi connectivity index (χ4n) is 2.11. The lowest BCUT2D eigenvalue weighted by atomic mass is 10.1. The average molecular weight is 270 g/mol. The molecule has 1 heterocycles. The van der Waals surface area contributed by atoms with E-state index in [0.29, 0.717) is 6.54 Å². The second kappa shape index (κ2) is 5.72. The average Bonchev–Trinajstić information content (AvgIpc) is 2.71. The molecule has 0 unspecified atom stereocenters. The Labute approximate surface area is 111 Å². The van der Waals surface area contributed by atoms with E-state index in [9.17, 15) is 4.39 Å². The van der Waals surface area contributed by atoms with Crippen molar-refractivity contribution >= 4 is 22.6 Å². The quantitative estimate of drug-likeness (QED) is 0.876. The van der Waals surface area contributed by atoms with Gasteiger partial charge in [0.25, 0.3) is 0 Å². The van der Waals surface area contributed by atoms with Crippen LogP contribution in [0.4, 0.5) is 4.39 Å². The molecule has 2 aromatic rings. The number of aryl methyl sites for hydroxylation is 1. The predicted molar refractivity (Wildman–Crippen MR) is 72.6 cm³/mol. The lowest BCUT2D eigenvalue weighted by Crippen LogP contribution is -2.12. The normalized spacial score (nSPS) is 11.3. The van der Waals surface area contributed by atoms with E-state index in [1.807, 2.05) is 13.0 Å². The molecule has 0 saturated heterocycles. The topological polar surface area (TPSA) is 25.2 Å². The van der Waals surface area contributed by atoms with Crippen molar-refractivity contribution in [1.29, 1.82) is 0 Å². The van der Waals surface area contributed by atoms with Crippen molar-refractivity contribution in [2.24, 2.45) is 0 Å². The molecule has 2 rings (SSSR count). The van der Waals surface area contributed by atoms with Gasteiger partial charge in [-0.25, -0.2) is 4.39 Å². The number of hydrogen-bond donors (Lipinski definition) is 1. The van der Waals surface area contributed by atoms with Crippen LogP contribution < -0.4 is 5.32 Å². The Balaban J connectivity index is 2.55. The number of rotatable bonds is 5. The van der Waals surface area contributed by atoms with Crippen LogP contribution in [0.5, 0.6) is 0 Å². The summed E-state index contributed by atoms with van der Waals surface area (Å²) < 4.78 is 19.6. The third-order valence-corrected chi connectivity index (χ3v) is 3.26. The molecular formula is C14H17ClFNO. The van der Waals surface area contributed by atoms with Gasteiger partial charge in [-0.05, 0) is 25.1 Å². The molecule has 0 amide bonds. The van der Waals surface area contributed by atoms with Crippen molar-refractivity contribution in [2.75, 3.05) is 6.54 Å². The van der Waals surface area contributed by atoms with Crippen molar-refractivity contribution in [1.82, 2.24) is 5.32 Å². The summed E-state index contributed by atoms with van der Waals surface area (Å²) >= 11 is 5.78. The van der Waals surface area contributed by atoms with Crippen LogP contribution >= 0.6 is 11.6 Å². The lowest BCUT2D eigenvalue weighted by molar-refractivity contribution is 0.494. The van der Waals surface area contributed by atoms with Crippen LogP contribution in [0.25, 0.3) is 11.0 Å². The summed E-state index contributed by atoms with van der Waals surface area (Å²) in [5.74, 6) is 0.351. The fourth-order valence-corrected chi connectivity index (χ4v) is 2.26. The van der Waals surface area contributed by atoms with Gasteiger partial charge in [-0.3, -0.25) is 0 Å². The van der Waals surface area contributed by atoms with Crippen LogP contribution in [0.2, 0.25) is 5.02 Å². The zero-order valence-corrected chi connectivity index (χ0v) is 11.4. The maximum atomic E-state index is 13.9. The molecule has 0 fully saturated rings. The van der Waals surface area contributed by atoms with Crippen molar-refractivity contribution in [3.63, 3.8) is 0 Å². The number of fused-ring (bicyclic) bond motifs is 1. The van der Waals surface area contributed by atoms with Crippen LogP contribution in [0.15, 0.2) is 16.5 Å². The highest BCUT2D eigenvalue weighted by Crippen LogP contribution is 2.32. The highest BCUT2D eigenvalue weighted by atomic mass is 35.5. The summed E-state index contributed by atoms with van der Waals surface area (Å²) in [6, 6.07) is 3.43. The summed E-state index contributed by atoms with van der Waals surface area (Å²) in [7, 11) is 0. The molecule has 1 aromatic carbocycles. The number of nitrogens with one attached hydrogen (secondary N) is 1. The molecule has 0 bridgehead atoms. The molecule has 0 aliphatic carbocycles. The van der Waals surface area contributed by atoms with Crippen molar-refractivity contribution < 1.29 is 8.81 Å². The Morgan fingerprint density at radius 3 is 2.78 bits per heavy atom. The monoisotopic (exact) mass is 269 g/mol. The van der Waals surface area contributed by atoms with Crippen LogP contribution in [-0.4, -0.2) is 6.54 Å². The van der Waals surface area contributed by atoms with E-state index in [1.54, 1.807) is 6.07 Å². The first-order valence-electron chi connectivity index (χ1n) is 6.28. The molecule has 2 nitrogen and oxygen atoms in total. The molecule has 0 aliphatic rings. The van der Waals surface area contributed by atoms with E-state index in [1.165, 1.54) is 0 Å². The third kappa shape index (κ3) is 2.38. The first kappa shape index (κ1) is 13.4. The second-order valence-electron chi connectivity index (χ2n) is 4.27. The van der Waals surface area contributed by atoms with E-state index < -0.39 is 5.82 Å². The molecule has 0 saturated carbocycles. The Hall–Kier alpha value is -1.06. The summed E-state index contributed by atoms with van der Waals surface area (Å²) in [4.78, 5) is 0. The van der Waals surface area contributed by atoms with Crippen molar-refractivity contribution in [2.45, 2.75) is 33.2 Å². The maximum Gasteiger partial charge on any atom is 0.184 e. The molecule has 0 aliphatic heterocycles. The largest absolute Gasteiger partial charge is 0.456 e. The second-order valence-corrected chi connectivity index (χ2v) is 4.68. The molecular weight excluding hydrogens is 253 g/mol. The first-order valence-corrected chi connectivity index (χ1v) is 6.65. The molecule has 0 spiro atoms. The Morgan fingerprint density at radius 1 is 1.33 bits per heavy atom. The van der Waals surface area contributed by atoms with Crippen LogP contribution in [0, 0.1) is 5.82 Å². The zero-order valence-electron chi connectivity index (χ0n) is 10.6. The van der Waals surface area contributed by atoms with Crippen molar-refractivity contribution in [3.8, 4) is 0 Å². The van der Waals surface area contributed by atoms with Crippen LogP contribution in [-0.2, 0) is 13.0 Å². The van der Waals surface area contributed by atoms with Gasteiger partial charge in [-0.1, -0.05) is 31.9 Å². The van der Waals surface area contributed by atoms with Gasteiger partial charge in [0, 0.05) is 10.9 Å². The number of benzene rings is 1. The van der Waals surface area contributed by atoms with Gasteiger partial charge < -0.3 is 9.73 Å². The highest BCUT2D eigenvalue weighted by Gasteiger charge is 2.17. The van der Waals surface area contributed by atoms with Crippen LogP contribution in [0.3, 0.4) is 0 Å². The number of furan rings is 1. The summed E-state index contributed by atoms with van der Waals surface area (Å²) in [5.41, 5.74) is 1.36. The molecule has 1 aromatic heterocycles. The van der Waals surface area contributed by atoms with E-state index in [4.69, 9.17) is 16.0 Å². The lowest BCUT2D eigenvalue weighted by Gasteiger charge is -2.01. The summed E-state index contributed by atoms with van der Waals surface area (Å²) in [5, 5.41) is 4.15. The van der Waals surface area contributed by atoms with Gasteiger partial charge in [0.1, 0.15) is 5.76 Å². The summed E-state index contributed by atoms with van der Waals surface area (Å²) in [6.07, 6.45) is 1.88. The molecule has 98 valence electrons. The van der Waals surface area contributed by atoms with Crippen molar-refractivity contribution in [3.05, 3.63) is 34.3 Å². The number of hydrogen-bond acceptors (Lipinski definition) is 2. The molecule has 4 heteroatoms. The number of halogens is 2. The summed E-state index contributed by atoms with van der Waals surface area (Å²) in [6.45, 7) is 5.60. The predicted octanol–water partition coefficient (Wildman–Crippen LogP) is 4.29. The molecule has 18 heavy (non-hydrogen) atoms. The Bertz CT molecular complexity index is 550. The smallest absolute Gasteiger partial charge is 0.184 e. The van der Waals surface area contributed by atoms with Crippen LogP contribution in [0.1, 0.15) is 31.6 Å². The standard InChI is InChI=1S/C14H17ClFNO/c1-3-5-9-10-6-7-11(15)13(16)14(10)18-12(9)8-17-4-2/h6-7,17H,3-5,8H2,1-2H3. The zero-order chi connectivity index (χ0) is 13.1. The third-order valence-electron chi connectivity index (χ3n) is 2.97. The molecule has 0 radical (unpaired) electrons. The van der Waals surface area contributed by atoms with Gasteiger partial charge in [0.15, 0.2) is 11.4 Å². The van der Waals surface area contributed by atoms with E-state index >= 15 is 0 Å². The Kier molecular flexibility index (Phi) is 4.25. The van der Waals surface area contributed by atoms with E-state index in [0.717, 1.165) is 36.1 Å². The van der Waals surface area contributed by atoms with Gasteiger partial charge >= 0.3 is 0 Å². The minimum atomic E-state index is -0.464. The van der Waals surface area contributed by atoms with Gasteiger partial charge in [0.2, 0.25) is 0 Å². The Morgan fingerprint density at radius 2 is 2.11 bits per heavy atom. The minimum Gasteiger partial charge on any atom is -0.456 e. The fraction of sp³-hybridized carbons (Fsp3) is 0.429. The molecule has 0 atom stereocenters. The van der Waals surface area contributed by atoms with Gasteiger partial charge in [-0.2, -0.15) is 0 Å². The van der Waals surface area contributed by atoms with E-state index in [2.05, 4.69) is 12.2 Å². The SMILES string of the molecule is CCCc1c(CNCC)oc2c(F)c(Cl)ccc12. The maximum absolute atomic E-state index is 13.9. The van der Waals surface area contributed by atoms with Gasteiger partial charge in [0.05, 0.1) is 11.6 Å². The first-order chi connectivity index (χ1) is 8.69.